The minimum absolute atomic E-state index is 0.413. The minimum atomic E-state index is -0.467. The summed E-state index contributed by atoms with van der Waals surface area (Å²) in [5, 5.41) is 8.68. The molecule has 8 nitrogen and oxygen atoms in total. The molecule has 4 rings (SSSR count). The number of aromatic nitrogens is 6. The van der Waals surface area contributed by atoms with Gasteiger partial charge in [-0.1, -0.05) is 41.9 Å². The van der Waals surface area contributed by atoms with Gasteiger partial charge >= 0.3 is 5.69 Å². The van der Waals surface area contributed by atoms with Gasteiger partial charge in [-0.15, -0.1) is 10.2 Å². The van der Waals surface area contributed by atoms with Crippen molar-refractivity contribution in [3.8, 4) is 11.4 Å². The zero-order valence-electron chi connectivity index (χ0n) is 15.2. The van der Waals surface area contributed by atoms with E-state index in [-0.39, 0.29) is 0 Å². The normalized spacial score (nSPS) is 11.9. The molecule has 3 heterocycles. The molecular weight excluding hydrogens is 412 g/mol. The Labute approximate surface area is 162 Å². The van der Waals surface area contributed by atoms with E-state index in [9.17, 15) is 9.59 Å². The van der Waals surface area contributed by atoms with E-state index in [1.54, 1.807) is 11.4 Å². The fourth-order valence-corrected chi connectivity index (χ4v) is 3.49. The topological polar surface area (TPSA) is 90.0 Å². The van der Waals surface area contributed by atoms with Gasteiger partial charge in [0.1, 0.15) is 0 Å². The van der Waals surface area contributed by atoms with Crippen molar-refractivity contribution in [2.75, 3.05) is 0 Å². The van der Waals surface area contributed by atoms with Gasteiger partial charge in [0.15, 0.2) is 17.0 Å². The summed E-state index contributed by atoms with van der Waals surface area (Å²) >= 11 is 3.43. The van der Waals surface area contributed by atoms with Crippen LogP contribution in [0.15, 0.2) is 38.3 Å². The third-order valence-corrected chi connectivity index (χ3v) is 5.20. The maximum absolute atomic E-state index is 12.6. The van der Waals surface area contributed by atoms with Crippen LogP contribution in [0, 0.1) is 5.92 Å². The lowest BCUT2D eigenvalue weighted by Gasteiger charge is -2.07. The van der Waals surface area contributed by atoms with E-state index >= 15 is 0 Å². The predicted molar refractivity (Wildman–Crippen MR) is 107 cm³/mol. The number of nitrogens with zero attached hydrogens (tertiary/aromatic N) is 5. The largest absolute Gasteiger partial charge is 0.329 e. The number of fused-ring (bicyclic) bond motifs is 3. The first-order valence-corrected chi connectivity index (χ1v) is 9.50. The molecule has 4 aromatic rings. The maximum Gasteiger partial charge on any atom is 0.329 e. The molecule has 0 fully saturated rings. The third kappa shape index (κ3) is 2.82. The molecule has 0 bridgehead atoms. The summed E-state index contributed by atoms with van der Waals surface area (Å²) in [7, 11) is 1.64. The van der Waals surface area contributed by atoms with Crippen molar-refractivity contribution in [2.24, 2.45) is 13.0 Å². The highest BCUT2D eigenvalue weighted by Crippen LogP contribution is 2.25. The minimum Gasteiger partial charge on any atom is -0.302 e. The summed E-state index contributed by atoms with van der Waals surface area (Å²) in [5.74, 6) is 1.60. The zero-order chi connectivity index (χ0) is 19.3. The summed E-state index contributed by atoms with van der Waals surface area (Å²) in [6.07, 6.45) is 0.877. The van der Waals surface area contributed by atoms with Crippen molar-refractivity contribution >= 4 is 32.9 Å². The van der Waals surface area contributed by atoms with Gasteiger partial charge in [0.2, 0.25) is 5.78 Å². The first-order valence-electron chi connectivity index (χ1n) is 8.71. The van der Waals surface area contributed by atoms with E-state index in [0.29, 0.717) is 35.2 Å². The Balaban J connectivity index is 2.11. The van der Waals surface area contributed by atoms with Gasteiger partial charge in [0.05, 0.1) is 0 Å². The van der Waals surface area contributed by atoms with Crippen LogP contribution in [0.4, 0.5) is 0 Å². The van der Waals surface area contributed by atoms with Crippen LogP contribution in [-0.4, -0.2) is 28.7 Å². The lowest BCUT2D eigenvalue weighted by Crippen LogP contribution is -2.29. The Hall–Kier alpha value is -2.68. The van der Waals surface area contributed by atoms with Crippen LogP contribution >= 0.6 is 15.9 Å². The number of benzene rings is 1. The van der Waals surface area contributed by atoms with Crippen LogP contribution in [-0.2, 0) is 13.6 Å². The van der Waals surface area contributed by atoms with Crippen molar-refractivity contribution in [3.05, 3.63) is 49.6 Å². The first-order chi connectivity index (χ1) is 12.9. The molecule has 27 heavy (non-hydrogen) atoms. The molecule has 0 unspecified atom stereocenters. The van der Waals surface area contributed by atoms with E-state index in [0.717, 1.165) is 16.5 Å². The Kier molecular flexibility index (Phi) is 4.26. The second-order valence-electron chi connectivity index (χ2n) is 6.99. The molecule has 9 heteroatoms. The Morgan fingerprint density at radius 2 is 1.85 bits per heavy atom. The van der Waals surface area contributed by atoms with Crippen LogP contribution in [0.1, 0.15) is 20.3 Å². The second-order valence-corrected chi connectivity index (χ2v) is 7.91. The summed E-state index contributed by atoms with van der Waals surface area (Å²) in [4.78, 5) is 27.2. The SMILES string of the molecule is CC(C)CCn1c2c(=O)[nH]c(=O)n(C)c2n2c(-c3ccc(Br)cc3)nnc12. The highest BCUT2D eigenvalue weighted by Gasteiger charge is 2.22. The highest BCUT2D eigenvalue weighted by atomic mass is 79.9. The standard InChI is InChI=1S/C18H19BrN6O2/c1-10(2)8-9-24-13-15(26)20-18(27)23(3)16(13)25-14(21-22-17(24)25)11-4-6-12(19)7-5-11/h4-7,10H,8-9H2,1-3H3,(H,20,26,27). The first kappa shape index (κ1) is 17.7. The number of nitrogens with one attached hydrogen (secondary N) is 1. The average Bonchev–Trinajstić information content (AvgIpc) is 3.17. The number of halogens is 1. The summed E-state index contributed by atoms with van der Waals surface area (Å²) in [6, 6.07) is 7.67. The lowest BCUT2D eigenvalue weighted by atomic mass is 10.1. The molecule has 0 radical (unpaired) electrons. The zero-order valence-corrected chi connectivity index (χ0v) is 16.8. The van der Waals surface area contributed by atoms with Crippen LogP contribution in [0.5, 0.6) is 0 Å². The summed E-state index contributed by atoms with van der Waals surface area (Å²) in [5.41, 5.74) is 0.891. The smallest absolute Gasteiger partial charge is 0.302 e. The van der Waals surface area contributed by atoms with Gasteiger partial charge in [0.25, 0.3) is 5.56 Å². The summed E-state index contributed by atoms with van der Waals surface area (Å²) < 4.78 is 6.02. The predicted octanol–water partition coefficient (Wildman–Crippen LogP) is 2.55. The van der Waals surface area contributed by atoms with E-state index in [1.165, 1.54) is 4.57 Å². The molecule has 1 aromatic carbocycles. The third-order valence-electron chi connectivity index (χ3n) is 4.67. The quantitative estimate of drug-likeness (QED) is 0.538. The maximum atomic E-state index is 12.6. The monoisotopic (exact) mass is 430 g/mol. The van der Waals surface area contributed by atoms with Gasteiger partial charge in [0, 0.05) is 23.6 Å². The van der Waals surface area contributed by atoms with E-state index in [2.05, 4.69) is 45.0 Å². The molecule has 3 aromatic heterocycles. The van der Waals surface area contributed by atoms with Crippen LogP contribution in [0.3, 0.4) is 0 Å². The number of aryl methyl sites for hydroxylation is 2. The molecule has 1 N–H and O–H groups in total. The van der Waals surface area contributed by atoms with Crippen LogP contribution < -0.4 is 11.2 Å². The molecule has 0 aliphatic rings. The van der Waals surface area contributed by atoms with Gasteiger partial charge in [-0.3, -0.25) is 14.3 Å². The molecule has 0 aliphatic carbocycles. The molecule has 0 amide bonds. The van der Waals surface area contributed by atoms with Gasteiger partial charge in [-0.2, -0.15) is 0 Å². The van der Waals surface area contributed by atoms with Crippen molar-refractivity contribution in [1.82, 2.24) is 28.7 Å². The molecule has 0 aliphatic heterocycles. The molecular formula is C18H19BrN6O2. The highest BCUT2D eigenvalue weighted by molar-refractivity contribution is 9.10. The Bertz CT molecular complexity index is 1260. The number of imidazole rings is 1. The van der Waals surface area contributed by atoms with Gasteiger partial charge in [-0.25, -0.2) is 9.20 Å². The van der Waals surface area contributed by atoms with Crippen molar-refractivity contribution in [2.45, 2.75) is 26.8 Å². The Morgan fingerprint density at radius 1 is 1.15 bits per heavy atom. The number of H-pyrrole nitrogens is 1. The van der Waals surface area contributed by atoms with Gasteiger partial charge in [-0.05, 0) is 24.5 Å². The molecule has 0 spiro atoms. The molecule has 0 saturated carbocycles. The molecule has 0 saturated heterocycles. The molecule has 0 atom stereocenters. The lowest BCUT2D eigenvalue weighted by molar-refractivity contribution is 0.527. The molecule has 140 valence electrons. The van der Waals surface area contributed by atoms with Gasteiger partial charge < -0.3 is 4.57 Å². The van der Waals surface area contributed by atoms with Crippen molar-refractivity contribution in [3.63, 3.8) is 0 Å². The number of rotatable bonds is 4. The number of aromatic amines is 1. The Morgan fingerprint density at radius 3 is 2.52 bits per heavy atom. The fraction of sp³-hybridized carbons (Fsp3) is 0.333. The average molecular weight is 431 g/mol. The van der Waals surface area contributed by atoms with Crippen molar-refractivity contribution < 1.29 is 0 Å². The van der Waals surface area contributed by atoms with E-state index in [1.807, 2.05) is 28.8 Å². The number of hydrogen-bond donors (Lipinski definition) is 1. The van der Waals surface area contributed by atoms with Crippen LogP contribution in [0.2, 0.25) is 0 Å². The van der Waals surface area contributed by atoms with E-state index < -0.39 is 11.2 Å². The van der Waals surface area contributed by atoms with Crippen molar-refractivity contribution in [1.29, 1.82) is 0 Å². The van der Waals surface area contributed by atoms with Crippen LogP contribution in [0.25, 0.3) is 28.3 Å². The fourth-order valence-electron chi connectivity index (χ4n) is 3.23. The van der Waals surface area contributed by atoms with E-state index in [4.69, 9.17) is 0 Å². The second kappa shape index (κ2) is 6.49. The number of hydrogen-bond acceptors (Lipinski definition) is 4. The summed E-state index contributed by atoms with van der Waals surface area (Å²) in [6.45, 7) is 4.87.